The standard InChI is InChI=1S/C12H13BrCl2N2O3/c1-5(11(18)19)6(2)16-12(20)17-10-8(14)3-7(13)4-9(10)15/h3-6H,1-2H3,(H,18,19)(H2,16,17,20). The van der Waals surface area contributed by atoms with E-state index in [0.717, 1.165) is 0 Å². The highest BCUT2D eigenvalue weighted by Gasteiger charge is 2.21. The molecule has 110 valence electrons. The fourth-order valence-electron chi connectivity index (χ4n) is 1.36. The van der Waals surface area contributed by atoms with Crippen LogP contribution in [0, 0.1) is 5.92 Å². The Morgan fingerprint density at radius 3 is 2.20 bits per heavy atom. The summed E-state index contributed by atoms with van der Waals surface area (Å²) in [5.74, 6) is -1.70. The molecule has 0 radical (unpaired) electrons. The van der Waals surface area contributed by atoms with Gasteiger partial charge in [-0.1, -0.05) is 39.1 Å². The first kappa shape index (κ1) is 17.1. The first-order valence-corrected chi connectivity index (χ1v) is 7.22. The summed E-state index contributed by atoms with van der Waals surface area (Å²) in [6, 6.07) is 2.07. The number of carboxylic acids is 1. The van der Waals surface area contributed by atoms with Crippen LogP contribution in [0.3, 0.4) is 0 Å². The third kappa shape index (κ3) is 4.54. The minimum absolute atomic E-state index is 0.268. The van der Waals surface area contributed by atoms with E-state index in [1.807, 2.05) is 0 Å². The van der Waals surface area contributed by atoms with Gasteiger partial charge in [-0.25, -0.2) is 4.79 Å². The number of hydrogen-bond acceptors (Lipinski definition) is 2. The summed E-state index contributed by atoms with van der Waals surface area (Å²) in [6.07, 6.45) is 0. The van der Waals surface area contributed by atoms with Crippen LogP contribution in [0.2, 0.25) is 10.0 Å². The molecule has 0 aliphatic carbocycles. The van der Waals surface area contributed by atoms with E-state index >= 15 is 0 Å². The van der Waals surface area contributed by atoms with Gasteiger partial charge in [0.1, 0.15) is 0 Å². The zero-order chi connectivity index (χ0) is 15.4. The molecule has 8 heteroatoms. The Kier molecular flexibility index (Phi) is 6.10. The Morgan fingerprint density at radius 1 is 1.25 bits per heavy atom. The summed E-state index contributed by atoms with van der Waals surface area (Å²) in [5, 5.41) is 14.4. The van der Waals surface area contributed by atoms with Crippen molar-refractivity contribution in [1.29, 1.82) is 0 Å². The van der Waals surface area contributed by atoms with Crippen LogP contribution in [-0.4, -0.2) is 23.1 Å². The number of amides is 2. The van der Waals surface area contributed by atoms with E-state index < -0.39 is 24.0 Å². The molecule has 0 bridgehead atoms. The van der Waals surface area contributed by atoms with Gasteiger partial charge >= 0.3 is 12.0 Å². The molecule has 0 aromatic heterocycles. The summed E-state index contributed by atoms with van der Waals surface area (Å²) in [7, 11) is 0. The lowest BCUT2D eigenvalue weighted by atomic mass is 10.0. The van der Waals surface area contributed by atoms with Crippen molar-refractivity contribution in [3.05, 3.63) is 26.7 Å². The van der Waals surface area contributed by atoms with Gasteiger partial charge in [0.2, 0.25) is 0 Å². The minimum atomic E-state index is -0.988. The SMILES string of the molecule is CC(NC(=O)Nc1c(Cl)cc(Br)cc1Cl)C(C)C(=O)O. The highest BCUT2D eigenvalue weighted by Crippen LogP contribution is 2.33. The molecule has 0 spiro atoms. The van der Waals surface area contributed by atoms with Gasteiger partial charge in [0.05, 0.1) is 21.7 Å². The smallest absolute Gasteiger partial charge is 0.319 e. The molecule has 0 saturated heterocycles. The van der Waals surface area contributed by atoms with Gasteiger partial charge in [-0.3, -0.25) is 4.79 Å². The Morgan fingerprint density at radius 2 is 1.75 bits per heavy atom. The Balaban J connectivity index is 2.75. The van der Waals surface area contributed by atoms with Crippen LogP contribution in [0.1, 0.15) is 13.8 Å². The van der Waals surface area contributed by atoms with Crippen molar-refractivity contribution in [3.8, 4) is 0 Å². The fraction of sp³-hybridized carbons (Fsp3) is 0.333. The molecule has 1 aromatic carbocycles. The Bertz CT molecular complexity index is 516. The molecule has 1 rings (SSSR count). The second kappa shape index (κ2) is 7.15. The first-order chi connectivity index (χ1) is 9.22. The predicted molar refractivity (Wildman–Crippen MR) is 82.6 cm³/mol. The van der Waals surface area contributed by atoms with Crippen molar-refractivity contribution in [2.45, 2.75) is 19.9 Å². The van der Waals surface area contributed by atoms with Crippen molar-refractivity contribution in [2.75, 3.05) is 5.32 Å². The van der Waals surface area contributed by atoms with Crippen LogP contribution in [0.25, 0.3) is 0 Å². The van der Waals surface area contributed by atoms with Crippen LogP contribution in [0.15, 0.2) is 16.6 Å². The maximum absolute atomic E-state index is 11.8. The van der Waals surface area contributed by atoms with Crippen molar-refractivity contribution >= 4 is 56.8 Å². The van der Waals surface area contributed by atoms with E-state index in [-0.39, 0.29) is 15.7 Å². The third-order valence-corrected chi connectivity index (χ3v) is 3.80. The molecular formula is C12H13BrCl2N2O3. The number of halogens is 3. The maximum atomic E-state index is 11.8. The van der Waals surface area contributed by atoms with E-state index in [4.69, 9.17) is 28.3 Å². The van der Waals surface area contributed by atoms with Gasteiger partial charge in [-0.15, -0.1) is 0 Å². The lowest BCUT2D eigenvalue weighted by Crippen LogP contribution is -2.42. The zero-order valence-corrected chi connectivity index (χ0v) is 13.8. The number of carbonyl (C=O) groups is 2. The number of rotatable bonds is 4. The monoisotopic (exact) mass is 382 g/mol. The van der Waals surface area contributed by atoms with Crippen molar-refractivity contribution in [1.82, 2.24) is 5.32 Å². The van der Waals surface area contributed by atoms with Gasteiger partial charge in [-0.2, -0.15) is 0 Å². The average Bonchev–Trinajstić information content (AvgIpc) is 2.32. The minimum Gasteiger partial charge on any atom is -0.481 e. The summed E-state index contributed by atoms with van der Waals surface area (Å²) >= 11 is 15.2. The number of carbonyl (C=O) groups excluding carboxylic acids is 1. The molecule has 0 fully saturated rings. The highest BCUT2D eigenvalue weighted by molar-refractivity contribution is 9.10. The van der Waals surface area contributed by atoms with E-state index in [1.165, 1.54) is 6.92 Å². The molecule has 2 atom stereocenters. The van der Waals surface area contributed by atoms with Crippen molar-refractivity contribution in [3.63, 3.8) is 0 Å². The highest BCUT2D eigenvalue weighted by atomic mass is 79.9. The molecule has 0 saturated carbocycles. The molecule has 3 N–H and O–H groups in total. The van der Waals surface area contributed by atoms with Gasteiger partial charge in [0, 0.05) is 10.5 Å². The van der Waals surface area contributed by atoms with Crippen LogP contribution in [0.4, 0.5) is 10.5 Å². The van der Waals surface area contributed by atoms with Crippen LogP contribution in [0.5, 0.6) is 0 Å². The summed E-state index contributed by atoms with van der Waals surface area (Å²) in [4.78, 5) is 22.6. The predicted octanol–water partition coefficient (Wildman–Crippen LogP) is 3.99. The maximum Gasteiger partial charge on any atom is 0.319 e. The lowest BCUT2D eigenvalue weighted by Gasteiger charge is -2.18. The van der Waals surface area contributed by atoms with E-state index in [1.54, 1.807) is 19.1 Å². The molecule has 5 nitrogen and oxygen atoms in total. The molecule has 2 amide bonds. The Hall–Kier alpha value is -0.980. The summed E-state index contributed by atoms with van der Waals surface area (Å²) in [6.45, 7) is 3.11. The number of carboxylic acid groups (broad SMARTS) is 1. The molecule has 0 aliphatic rings. The molecule has 1 aromatic rings. The summed E-state index contributed by atoms with van der Waals surface area (Å²) in [5.41, 5.74) is 0.268. The number of urea groups is 1. The van der Waals surface area contributed by atoms with Gasteiger partial charge < -0.3 is 15.7 Å². The van der Waals surface area contributed by atoms with Gasteiger partial charge in [-0.05, 0) is 26.0 Å². The second-order valence-corrected chi connectivity index (χ2v) is 5.99. The quantitative estimate of drug-likeness (QED) is 0.735. The third-order valence-electron chi connectivity index (χ3n) is 2.74. The van der Waals surface area contributed by atoms with Crippen LogP contribution >= 0.6 is 39.1 Å². The first-order valence-electron chi connectivity index (χ1n) is 5.67. The molecule has 2 unspecified atom stereocenters. The zero-order valence-electron chi connectivity index (χ0n) is 10.7. The molecule has 0 heterocycles. The lowest BCUT2D eigenvalue weighted by molar-refractivity contribution is -0.141. The van der Waals surface area contributed by atoms with Crippen LogP contribution < -0.4 is 10.6 Å². The van der Waals surface area contributed by atoms with E-state index in [9.17, 15) is 9.59 Å². The number of anilines is 1. The Labute approximate surface area is 134 Å². The topological polar surface area (TPSA) is 78.4 Å². The van der Waals surface area contributed by atoms with Gasteiger partial charge in [0.25, 0.3) is 0 Å². The van der Waals surface area contributed by atoms with Crippen LogP contribution in [-0.2, 0) is 4.79 Å². The van der Waals surface area contributed by atoms with Crippen molar-refractivity contribution in [2.24, 2.45) is 5.92 Å². The summed E-state index contributed by atoms with van der Waals surface area (Å²) < 4.78 is 0.686. The molecule has 20 heavy (non-hydrogen) atoms. The molecular weight excluding hydrogens is 371 g/mol. The normalized spacial score (nSPS) is 13.4. The number of aliphatic carboxylic acids is 1. The molecule has 0 aliphatic heterocycles. The second-order valence-electron chi connectivity index (χ2n) is 4.26. The van der Waals surface area contributed by atoms with E-state index in [0.29, 0.717) is 4.47 Å². The number of benzene rings is 1. The van der Waals surface area contributed by atoms with E-state index in [2.05, 4.69) is 26.6 Å². The number of hydrogen-bond donors (Lipinski definition) is 3. The van der Waals surface area contributed by atoms with Crippen molar-refractivity contribution < 1.29 is 14.7 Å². The van der Waals surface area contributed by atoms with Gasteiger partial charge in [0.15, 0.2) is 0 Å². The number of nitrogens with one attached hydrogen (secondary N) is 2. The average molecular weight is 384 g/mol. The fourth-order valence-corrected chi connectivity index (χ4v) is 2.66. The largest absolute Gasteiger partial charge is 0.481 e.